The van der Waals surface area contributed by atoms with Crippen molar-refractivity contribution in [1.82, 2.24) is 15.5 Å². The molecule has 1 rings (SSSR count). The van der Waals surface area contributed by atoms with Gasteiger partial charge < -0.3 is 30.7 Å². The first kappa shape index (κ1) is 18.4. The van der Waals surface area contributed by atoms with Gasteiger partial charge in [0.1, 0.15) is 6.04 Å². The third-order valence-electron chi connectivity index (χ3n) is 3.50. The molecule has 1 aliphatic heterocycles. The Morgan fingerprint density at radius 1 is 1.36 bits per heavy atom. The molecular formula is C12H22BN3O6. The van der Waals surface area contributed by atoms with Gasteiger partial charge in [-0.25, -0.2) is 0 Å². The van der Waals surface area contributed by atoms with Crippen LogP contribution in [-0.2, 0) is 14.4 Å². The Bertz CT molecular complexity index is 431. The van der Waals surface area contributed by atoms with Crippen LogP contribution in [0.15, 0.2) is 0 Å². The Balaban J connectivity index is 2.55. The van der Waals surface area contributed by atoms with Gasteiger partial charge in [0.15, 0.2) is 0 Å². The smallest absolute Gasteiger partial charge is 0.426 e. The molecule has 0 spiro atoms. The number of hydrogen-bond acceptors (Lipinski definition) is 6. The Morgan fingerprint density at radius 2 is 2.00 bits per heavy atom. The molecule has 3 unspecified atom stereocenters. The van der Waals surface area contributed by atoms with E-state index in [0.29, 0.717) is 19.4 Å². The van der Waals surface area contributed by atoms with Gasteiger partial charge in [0.25, 0.3) is 0 Å². The lowest BCUT2D eigenvalue weighted by molar-refractivity contribution is -0.135. The van der Waals surface area contributed by atoms with Crippen molar-refractivity contribution in [2.45, 2.75) is 44.8 Å². The Hall–Kier alpha value is -1.65. The molecule has 0 saturated carbocycles. The molecule has 10 heteroatoms. The van der Waals surface area contributed by atoms with Gasteiger partial charge in [0, 0.05) is 13.5 Å². The van der Waals surface area contributed by atoms with Gasteiger partial charge in [0.2, 0.25) is 17.7 Å². The van der Waals surface area contributed by atoms with Crippen molar-refractivity contribution in [2.75, 3.05) is 13.1 Å². The monoisotopic (exact) mass is 315 g/mol. The highest BCUT2D eigenvalue weighted by molar-refractivity contribution is 6.43. The summed E-state index contributed by atoms with van der Waals surface area (Å²) < 4.78 is 0. The fraction of sp³-hybridized carbons (Fsp3) is 0.750. The summed E-state index contributed by atoms with van der Waals surface area (Å²) in [6, 6.07) is -1.15. The molecule has 0 aromatic rings. The summed E-state index contributed by atoms with van der Waals surface area (Å²) in [6.45, 7) is 2.61. The van der Waals surface area contributed by atoms with E-state index in [4.69, 9.17) is 0 Å². The number of hydrogen-bond donors (Lipinski definition) is 5. The minimum Gasteiger partial charge on any atom is -0.426 e. The molecule has 0 aromatic carbocycles. The normalized spacial score (nSPS) is 20.2. The molecule has 124 valence electrons. The standard InChI is InChI=1S/C12H22BN3O6/c1-7(17)11(15-8(2)18)12(20)14-6-10(19)16-5-3-4-9(16)13(21)22/h7,9,11,17,21-22H,3-6H2,1-2H3,(H,14,20)(H,15,18). The van der Waals surface area contributed by atoms with Gasteiger partial charge in [-0.1, -0.05) is 0 Å². The zero-order valence-electron chi connectivity index (χ0n) is 12.7. The zero-order valence-corrected chi connectivity index (χ0v) is 12.7. The number of nitrogens with one attached hydrogen (secondary N) is 2. The highest BCUT2D eigenvalue weighted by atomic mass is 16.4. The van der Waals surface area contributed by atoms with Crippen molar-refractivity contribution in [2.24, 2.45) is 0 Å². The predicted octanol–water partition coefficient (Wildman–Crippen LogP) is -3.01. The van der Waals surface area contributed by atoms with Crippen LogP contribution in [0.2, 0.25) is 0 Å². The quantitative estimate of drug-likeness (QED) is 0.331. The van der Waals surface area contributed by atoms with Gasteiger partial charge in [-0.2, -0.15) is 0 Å². The minimum atomic E-state index is -1.62. The molecular weight excluding hydrogens is 293 g/mol. The van der Waals surface area contributed by atoms with Crippen molar-refractivity contribution < 1.29 is 29.5 Å². The summed E-state index contributed by atoms with van der Waals surface area (Å²) in [5.74, 6) is -2.28. The number of rotatable bonds is 6. The first-order chi connectivity index (χ1) is 10.2. The summed E-state index contributed by atoms with van der Waals surface area (Å²) >= 11 is 0. The number of aliphatic hydroxyl groups excluding tert-OH is 1. The fourth-order valence-corrected chi connectivity index (χ4v) is 2.41. The van der Waals surface area contributed by atoms with Crippen molar-refractivity contribution in [3.8, 4) is 0 Å². The van der Waals surface area contributed by atoms with Crippen LogP contribution >= 0.6 is 0 Å². The molecule has 0 bridgehead atoms. The zero-order chi connectivity index (χ0) is 16.9. The van der Waals surface area contributed by atoms with Crippen LogP contribution in [0.3, 0.4) is 0 Å². The summed E-state index contributed by atoms with van der Waals surface area (Å²) in [4.78, 5) is 36.2. The fourth-order valence-electron chi connectivity index (χ4n) is 2.41. The van der Waals surface area contributed by atoms with Crippen LogP contribution < -0.4 is 10.6 Å². The number of carbonyl (C=O) groups is 3. The lowest BCUT2D eigenvalue weighted by Crippen LogP contribution is -2.54. The molecule has 1 saturated heterocycles. The van der Waals surface area contributed by atoms with Crippen molar-refractivity contribution >= 4 is 24.8 Å². The van der Waals surface area contributed by atoms with E-state index >= 15 is 0 Å². The molecule has 1 fully saturated rings. The number of nitrogens with zero attached hydrogens (tertiary/aromatic N) is 1. The summed E-state index contributed by atoms with van der Waals surface area (Å²) in [6.07, 6.45) is 0.0294. The maximum Gasteiger partial charge on any atom is 0.475 e. The molecule has 5 N–H and O–H groups in total. The molecule has 1 heterocycles. The van der Waals surface area contributed by atoms with E-state index in [1.54, 1.807) is 0 Å². The van der Waals surface area contributed by atoms with Gasteiger partial charge in [-0.3, -0.25) is 14.4 Å². The van der Waals surface area contributed by atoms with E-state index in [0.717, 1.165) is 0 Å². The van der Waals surface area contributed by atoms with E-state index in [9.17, 15) is 29.5 Å². The Morgan fingerprint density at radius 3 is 2.50 bits per heavy atom. The lowest BCUT2D eigenvalue weighted by Gasteiger charge is -2.25. The number of likely N-dealkylation sites (tertiary alicyclic amines) is 1. The van der Waals surface area contributed by atoms with Crippen LogP contribution in [0.4, 0.5) is 0 Å². The van der Waals surface area contributed by atoms with Gasteiger partial charge in [-0.05, 0) is 19.8 Å². The minimum absolute atomic E-state index is 0.342. The maximum absolute atomic E-state index is 12.0. The average Bonchev–Trinajstić information content (AvgIpc) is 2.90. The number of aliphatic hydroxyl groups is 1. The highest BCUT2D eigenvalue weighted by Crippen LogP contribution is 2.17. The third kappa shape index (κ3) is 4.97. The van der Waals surface area contributed by atoms with E-state index in [-0.39, 0.29) is 6.54 Å². The number of carbonyl (C=O) groups excluding carboxylic acids is 3. The summed E-state index contributed by atoms with van der Waals surface area (Å²) in [5, 5.41) is 32.5. The van der Waals surface area contributed by atoms with Gasteiger partial charge in [-0.15, -0.1) is 0 Å². The van der Waals surface area contributed by atoms with E-state index in [2.05, 4.69) is 10.6 Å². The second-order valence-corrected chi connectivity index (χ2v) is 5.35. The Labute approximate surface area is 128 Å². The summed E-state index contributed by atoms with van der Waals surface area (Å²) in [5.41, 5.74) is 0. The van der Waals surface area contributed by atoms with Crippen LogP contribution in [0.25, 0.3) is 0 Å². The van der Waals surface area contributed by atoms with Crippen LogP contribution in [-0.4, -0.2) is 76.1 Å². The molecule has 0 aromatic heterocycles. The van der Waals surface area contributed by atoms with Crippen LogP contribution in [0, 0.1) is 0 Å². The van der Waals surface area contributed by atoms with Crippen LogP contribution in [0.1, 0.15) is 26.7 Å². The van der Waals surface area contributed by atoms with Crippen LogP contribution in [0.5, 0.6) is 0 Å². The highest BCUT2D eigenvalue weighted by Gasteiger charge is 2.37. The molecule has 0 aliphatic carbocycles. The van der Waals surface area contributed by atoms with E-state index in [1.165, 1.54) is 18.7 Å². The topological polar surface area (TPSA) is 139 Å². The molecule has 0 radical (unpaired) electrons. The first-order valence-electron chi connectivity index (χ1n) is 7.12. The van der Waals surface area contributed by atoms with Gasteiger partial charge >= 0.3 is 7.12 Å². The first-order valence-corrected chi connectivity index (χ1v) is 7.12. The molecule has 3 atom stereocenters. The van der Waals surface area contributed by atoms with Crippen molar-refractivity contribution in [1.29, 1.82) is 0 Å². The van der Waals surface area contributed by atoms with Crippen molar-refractivity contribution in [3.05, 3.63) is 0 Å². The lowest BCUT2D eigenvalue weighted by atomic mass is 9.78. The van der Waals surface area contributed by atoms with E-state index < -0.39 is 42.9 Å². The predicted molar refractivity (Wildman–Crippen MR) is 77.2 cm³/mol. The number of amides is 3. The molecule has 3 amide bonds. The SMILES string of the molecule is CC(=O)NC(C(=O)NCC(=O)N1CCCC1B(O)O)C(C)O. The van der Waals surface area contributed by atoms with E-state index in [1.807, 2.05) is 0 Å². The second-order valence-electron chi connectivity index (χ2n) is 5.35. The maximum atomic E-state index is 12.0. The summed E-state index contributed by atoms with van der Waals surface area (Å²) in [7, 11) is -1.62. The molecule has 22 heavy (non-hydrogen) atoms. The Kier molecular flexibility index (Phi) is 6.78. The molecule has 1 aliphatic rings. The third-order valence-corrected chi connectivity index (χ3v) is 3.50. The van der Waals surface area contributed by atoms with Gasteiger partial charge in [0.05, 0.1) is 18.6 Å². The largest absolute Gasteiger partial charge is 0.475 e. The molecule has 9 nitrogen and oxygen atoms in total. The second kappa shape index (κ2) is 8.11. The van der Waals surface area contributed by atoms with Crippen molar-refractivity contribution in [3.63, 3.8) is 0 Å². The average molecular weight is 315 g/mol.